The van der Waals surface area contributed by atoms with Gasteiger partial charge in [0.1, 0.15) is 12.4 Å². The molecule has 0 atom stereocenters. The molecule has 3 heteroatoms. The van der Waals surface area contributed by atoms with Crippen molar-refractivity contribution in [2.24, 2.45) is 0 Å². The maximum absolute atomic E-state index is 5.97. The zero-order chi connectivity index (χ0) is 13.8. The molecular formula is C16H16BrClO. The largest absolute Gasteiger partial charge is 0.489 e. The summed E-state index contributed by atoms with van der Waals surface area (Å²) in [5.41, 5.74) is 2.28. The third-order valence-corrected chi connectivity index (χ3v) is 3.61. The van der Waals surface area contributed by atoms with Crippen LogP contribution in [-0.4, -0.2) is 0 Å². The molecule has 0 bridgehead atoms. The lowest BCUT2D eigenvalue weighted by Gasteiger charge is -2.14. The zero-order valence-electron chi connectivity index (χ0n) is 11.0. The highest BCUT2D eigenvalue weighted by atomic mass is 79.9. The average molecular weight is 340 g/mol. The van der Waals surface area contributed by atoms with Crippen molar-refractivity contribution in [3.63, 3.8) is 0 Å². The van der Waals surface area contributed by atoms with E-state index in [2.05, 4.69) is 35.8 Å². The van der Waals surface area contributed by atoms with Crippen LogP contribution < -0.4 is 4.74 Å². The molecule has 2 rings (SSSR count). The van der Waals surface area contributed by atoms with Crippen molar-refractivity contribution in [2.75, 3.05) is 0 Å². The van der Waals surface area contributed by atoms with E-state index in [1.165, 1.54) is 5.56 Å². The quantitative estimate of drug-likeness (QED) is 0.683. The smallest absolute Gasteiger partial charge is 0.123 e. The molecule has 0 saturated heterocycles. The van der Waals surface area contributed by atoms with E-state index >= 15 is 0 Å². The Balaban J connectivity index is 2.15. The van der Waals surface area contributed by atoms with Crippen LogP contribution in [0.1, 0.15) is 30.9 Å². The molecule has 0 unspecified atom stereocenters. The summed E-state index contributed by atoms with van der Waals surface area (Å²) in [5.74, 6) is 1.35. The minimum atomic E-state index is 0.423. The molecule has 0 aliphatic rings. The summed E-state index contributed by atoms with van der Waals surface area (Å²) in [5, 5.41) is 0.737. The highest BCUT2D eigenvalue weighted by molar-refractivity contribution is 9.10. The molecular weight excluding hydrogens is 324 g/mol. The van der Waals surface area contributed by atoms with Crippen LogP contribution in [0.15, 0.2) is 46.9 Å². The molecule has 100 valence electrons. The molecule has 0 fully saturated rings. The normalized spacial score (nSPS) is 10.8. The summed E-state index contributed by atoms with van der Waals surface area (Å²) in [6.07, 6.45) is 0. The molecule has 2 aromatic carbocycles. The summed E-state index contributed by atoms with van der Waals surface area (Å²) in [4.78, 5) is 0. The predicted octanol–water partition coefficient (Wildman–Crippen LogP) is 5.80. The van der Waals surface area contributed by atoms with Crippen molar-refractivity contribution in [2.45, 2.75) is 26.4 Å². The van der Waals surface area contributed by atoms with Crippen molar-refractivity contribution in [1.29, 1.82) is 0 Å². The first-order valence-corrected chi connectivity index (χ1v) is 7.40. The van der Waals surface area contributed by atoms with Crippen LogP contribution in [0.4, 0.5) is 0 Å². The second-order valence-corrected chi connectivity index (χ2v) is 6.11. The molecule has 0 amide bonds. The van der Waals surface area contributed by atoms with Gasteiger partial charge in [-0.15, -0.1) is 0 Å². The fraction of sp³-hybridized carbons (Fsp3) is 0.250. The fourth-order valence-corrected chi connectivity index (χ4v) is 2.48. The lowest BCUT2D eigenvalue weighted by atomic mass is 10.0. The summed E-state index contributed by atoms with van der Waals surface area (Å²) in [6.45, 7) is 4.85. The molecule has 0 N–H and O–H groups in total. The predicted molar refractivity (Wildman–Crippen MR) is 84.0 cm³/mol. The first-order chi connectivity index (χ1) is 9.06. The maximum Gasteiger partial charge on any atom is 0.123 e. The summed E-state index contributed by atoms with van der Waals surface area (Å²) < 4.78 is 6.99. The Labute approximate surface area is 127 Å². The molecule has 19 heavy (non-hydrogen) atoms. The lowest BCUT2D eigenvalue weighted by molar-refractivity contribution is 0.302. The molecule has 0 saturated carbocycles. The highest BCUT2D eigenvalue weighted by Gasteiger charge is 2.08. The second-order valence-electron chi connectivity index (χ2n) is 4.76. The minimum Gasteiger partial charge on any atom is -0.489 e. The second kappa shape index (κ2) is 6.44. The van der Waals surface area contributed by atoms with Gasteiger partial charge in [-0.3, -0.25) is 0 Å². The fourth-order valence-electron chi connectivity index (χ4n) is 1.89. The summed E-state index contributed by atoms with van der Waals surface area (Å²) in [6, 6.07) is 13.9. The summed E-state index contributed by atoms with van der Waals surface area (Å²) >= 11 is 9.46. The molecule has 0 radical (unpaired) electrons. The third kappa shape index (κ3) is 3.99. The van der Waals surface area contributed by atoms with E-state index in [0.717, 1.165) is 20.8 Å². The number of ether oxygens (including phenoxy) is 1. The Kier molecular flexibility index (Phi) is 4.89. The molecule has 2 aromatic rings. The topological polar surface area (TPSA) is 9.23 Å². The van der Waals surface area contributed by atoms with Crippen molar-refractivity contribution in [3.05, 3.63) is 63.1 Å². The van der Waals surface area contributed by atoms with Gasteiger partial charge in [0.05, 0.1) is 0 Å². The van der Waals surface area contributed by atoms with E-state index in [1.807, 2.05) is 36.4 Å². The van der Waals surface area contributed by atoms with Crippen molar-refractivity contribution in [3.8, 4) is 5.75 Å². The minimum absolute atomic E-state index is 0.423. The van der Waals surface area contributed by atoms with Gasteiger partial charge in [-0.05, 0) is 47.4 Å². The van der Waals surface area contributed by atoms with Gasteiger partial charge in [0.25, 0.3) is 0 Å². The van der Waals surface area contributed by atoms with E-state index in [1.54, 1.807) is 0 Å². The van der Waals surface area contributed by atoms with Gasteiger partial charge < -0.3 is 4.74 Å². The third-order valence-electron chi connectivity index (χ3n) is 2.88. The highest BCUT2D eigenvalue weighted by Crippen LogP contribution is 2.30. The molecule has 0 spiro atoms. The first kappa shape index (κ1) is 14.4. The van der Waals surface area contributed by atoms with Gasteiger partial charge >= 0.3 is 0 Å². The Morgan fingerprint density at radius 1 is 1.16 bits per heavy atom. The van der Waals surface area contributed by atoms with Crippen LogP contribution in [0.5, 0.6) is 5.75 Å². The Hall–Kier alpha value is -0.990. The van der Waals surface area contributed by atoms with Crippen LogP contribution in [0.25, 0.3) is 0 Å². The molecule has 0 aliphatic carbocycles. The molecule has 0 aromatic heterocycles. The van der Waals surface area contributed by atoms with E-state index in [0.29, 0.717) is 12.5 Å². The Morgan fingerprint density at radius 3 is 2.63 bits per heavy atom. The van der Waals surface area contributed by atoms with E-state index in [4.69, 9.17) is 16.3 Å². The molecule has 0 heterocycles. The van der Waals surface area contributed by atoms with Crippen LogP contribution in [0.2, 0.25) is 5.02 Å². The van der Waals surface area contributed by atoms with Gasteiger partial charge in [0.2, 0.25) is 0 Å². The average Bonchev–Trinajstić information content (AvgIpc) is 2.37. The van der Waals surface area contributed by atoms with E-state index in [-0.39, 0.29) is 0 Å². The zero-order valence-corrected chi connectivity index (χ0v) is 13.3. The van der Waals surface area contributed by atoms with Crippen molar-refractivity contribution >= 4 is 27.5 Å². The van der Waals surface area contributed by atoms with Gasteiger partial charge in [-0.2, -0.15) is 0 Å². The number of hydrogen-bond donors (Lipinski definition) is 0. The standard InChI is InChI=1S/C16H16BrClO/c1-11(2)15-9-13(17)6-7-16(15)19-10-12-4-3-5-14(18)8-12/h3-9,11H,10H2,1-2H3. The first-order valence-electron chi connectivity index (χ1n) is 6.23. The number of hydrogen-bond acceptors (Lipinski definition) is 1. The van der Waals surface area contributed by atoms with Gasteiger partial charge in [-0.1, -0.05) is 53.5 Å². The lowest BCUT2D eigenvalue weighted by Crippen LogP contribution is -2.00. The molecule has 0 aliphatic heterocycles. The number of halogens is 2. The SMILES string of the molecule is CC(C)c1cc(Br)ccc1OCc1cccc(Cl)c1. The number of rotatable bonds is 4. The summed E-state index contributed by atoms with van der Waals surface area (Å²) in [7, 11) is 0. The van der Waals surface area contributed by atoms with E-state index in [9.17, 15) is 0 Å². The van der Waals surface area contributed by atoms with Gasteiger partial charge in [0.15, 0.2) is 0 Å². The Bertz CT molecular complexity index is 566. The molecule has 1 nitrogen and oxygen atoms in total. The number of benzene rings is 2. The van der Waals surface area contributed by atoms with Crippen molar-refractivity contribution in [1.82, 2.24) is 0 Å². The van der Waals surface area contributed by atoms with Crippen LogP contribution >= 0.6 is 27.5 Å². The van der Waals surface area contributed by atoms with Crippen LogP contribution in [-0.2, 0) is 6.61 Å². The van der Waals surface area contributed by atoms with Crippen LogP contribution in [0.3, 0.4) is 0 Å². The van der Waals surface area contributed by atoms with Crippen molar-refractivity contribution < 1.29 is 4.74 Å². The van der Waals surface area contributed by atoms with Crippen LogP contribution in [0, 0.1) is 0 Å². The Morgan fingerprint density at radius 2 is 1.95 bits per heavy atom. The maximum atomic E-state index is 5.97. The van der Waals surface area contributed by atoms with Gasteiger partial charge in [-0.25, -0.2) is 0 Å². The van der Waals surface area contributed by atoms with Gasteiger partial charge in [0, 0.05) is 9.50 Å². The monoisotopic (exact) mass is 338 g/mol. The van der Waals surface area contributed by atoms with E-state index < -0.39 is 0 Å².